The molecule has 0 aliphatic heterocycles. The molecule has 0 unspecified atom stereocenters. The van der Waals surface area contributed by atoms with Gasteiger partial charge in [0.05, 0.1) is 5.56 Å². The maximum atomic E-state index is 12.8. The van der Waals surface area contributed by atoms with Gasteiger partial charge in [-0.2, -0.15) is 0 Å². The van der Waals surface area contributed by atoms with Crippen molar-refractivity contribution >= 4 is 11.8 Å². The number of hydrogen-bond acceptors (Lipinski definition) is 3. The van der Waals surface area contributed by atoms with Gasteiger partial charge in [0, 0.05) is 13.1 Å². The topological polar surface area (TPSA) is 72.6 Å². The highest BCUT2D eigenvalue weighted by atomic mass is 16.5. The van der Waals surface area contributed by atoms with Crippen molar-refractivity contribution in [2.24, 2.45) is 5.73 Å². The number of amides is 2. The predicted molar refractivity (Wildman–Crippen MR) is 92.9 cm³/mol. The summed E-state index contributed by atoms with van der Waals surface area (Å²) in [4.78, 5) is 25.5. The van der Waals surface area contributed by atoms with Crippen LogP contribution in [0.15, 0.2) is 54.6 Å². The van der Waals surface area contributed by atoms with E-state index in [1.807, 2.05) is 37.3 Å². The van der Waals surface area contributed by atoms with Crippen molar-refractivity contribution in [2.45, 2.75) is 13.3 Å². The van der Waals surface area contributed by atoms with Crippen LogP contribution in [0.3, 0.4) is 0 Å². The van der Waals surface area contributed by atoms with E-state index in [-0.39, 0.29) is 12.5 Å². The molecule has 126 valence electrons. The molecule has 0 radical (unpaired) electrons. The van der Waals surface area contributed by atoms with E-state index in [1.165, 1.54) is 5.56 Å². The van der Waals surface area contributed by atoms with E-state index >= 15 is 0 Å². The number of nitrogens with two attached hydrogens (primary N) is 1. The molecule has 0 aliphatic carbocycles. The Bertz CT molecular complexity index is 686. The van der Waals surface area contributed by atoms with Crippen molar-refractivity contribution in [3.8, 4) is 5.75 Å². The van der Waals surface area contributed by atoms with Gasteiger partial charge in [-0.15, -0.1) is 0 Å². The first-order valence-electron chi connectivity index (χ1n) is 7.95. The highest BCUT2D eigenvalue weighted by molar-refractivity contribution is 5.97. The average Bonchev–Trinajstić information content (AvgIpc) is 2.61. The predicted octanol–water partition coefficient (Wildman–Crippen LogP) is 2.26. The third kappa shape index (κ3) is 4.84. The van der Waals surface area contributed by atoms with Crippen molar-refractivity contribution in [1.82, 2.24) is 4.90 Å². The molecule has 0 aliphatic rings. The number of hydrogen-bond donors (Lipinski definition) is 1. The number of nitrogens with zero attached hydrogens (tertiary/aromatic N) is 1. The number of carbonyl (C=O) groups is 2. The number of rotatable bonds is 8. The van der Waals surface area contributed by atoms with Crippen LogP contribution in [-0.2, 0) is 11.2 Å². The molecular weight excluding hydrogens is 304 g/mol. The van der Waals surface area contributed by atoms with Gasteiger partial charge in [0.1, 0.15) is 5.75 Å². The van der Waals surface area contributed by atoms with Crippen molar-refractivity contribution in [3.05, 3.63) is 65.7 Å². The second-order valence-corrected chi connectivity index (χ2v) is 5.37. The summed E-state index contributed by atoms with van der Waals surface area (Å²) in [6.45, 7) is 2.90. The fourth-order valence-electron chi connectivity index (χ4n) is 2.40. The standard InChI is InChI=1S/C19H22N2O3/c1-2-21(13-12-15-8-4-3-5-9-15)19(23)16-10-6-7-11-17(16)24-14-18(20)22/h3-11H,2,12-14H2,1H3,(H2,20,22). The van der Waals surface area contributed by atoms with Gasteiger partial charge in [-0.3, -0.25) is 9.59 Å². The van der Waals surface area contributed by atoms with Gasteiger partial charge in [-0.25, -0.2) is 0 Å². The minimum atomic E-state index is -0.575. The van der Waals surface area contributed by atoms with Crippen LogP contribution in [0.4, 0.5) is 0 Å². The maximum Gasteiger partial charge on any atom is 0.257 e. The maximum absolute atomic E-state index is 12.8. The number of benzene rings is 2. The van der Waals surface area contributed by atoms with Gasteiger partial charge in [-0.1, -0.05) is 42.5 Å². The van der Waals surface area contributed by atoms with Crippen LogP contribution in [0.5, 0.6) is 5.75 Å². The second-order valence-electron chi connectivity index (χ2n) is 5.37. The normalized spacial score (nSPS) is 10.2. The third-order valence-electron chi connectivity index (χ3n) is 3.67. The molecule has 0 heterocycles. The van der Waals surface area contributed by atoms with Crippen LogP contribution in [-0.4, -0.2) is 36.4 Å². The minimum Gasteiger partial charge on any atom is -0.483 e. The summed E-state index contributed by atoms with van der Waals surface area (Å²) in [5, 5.41) is 0. The molecule has 0 saturated heterocycles. The first-order chi connectivity index (χ1) is 11.6. The minimum absolute atomic E-state index is 0.117. The van der Waals surface area contributed by atoms with Crippen molar-refractivity contribution < 1.29 is 14.3 Å². The number of primary amides is 1. The number of ether oxygens (including phenoxy) is 1. The lowest BCUT2D eigenvalue weighted by Gasteiger charge is -2.22. The van der Waals surface area contributed by atoms with Gasteiger partial charge in [-0.05, 0) is 31.0 Å². The Kier molecular flexibility index (Phi) is 6.37. The van der Waals surface area contributed by atoms with Gasteiger partial charge < -0.3 is 15.4 Å². The summed E-state index contributed by atoms with van der Waals surface area (Å²) in [5.41, 5.74) is 6.73. The van der Waals surface area contributed by atoms with E-state index in [0.29, 0.717) is 24.4 Å². The molecule has 5 nitrogen and oxygen atoms in total. The van der Waals surface area contributed by atoms with Crippen molar-refractivity contribution in [2.75, 3.05) is 19.7 Å². The van der Waals surface area contributed by atoms with Crippen LogP contribution in [0, 0.1) is 0 Å². The molecule has 24 heavy (non-hydrogen) atoms. The largest absolute Gasteiger partial charge is 0.483 e. The molecule has 2 amide bonds. The molecule has 2 N–H and O–H groups in total. The quantitative estimate of drug-likeness (QED) is 0.809. The molecule has 0 aromatic heterocycles. The molecule has 0 spiro atoms. The summed E-state index contributed by atoms with van der Waals surface area (Å²) in [7, 11) is 0. The van der Waals surface area contributed by atoms with Crippen LogP contribution in [0.2, 0.25) is 0 Å². The van der Waals surface area contributed by atoms with Crippen molar-refractivity contribution in [1.29, 1.82) is 0 Å². The van der Waals surface area contributed by atoms with Crippen LogP contribution in [0.1, 0.15) is 22.8 Å². The molecule has 0 bridgehead atoms. The molecular formula is C19H22N2O3. The zero-order chi connectivity index (χ0) is 17.4. The highest BCUT2D eigenvalue weighted by Crippen LogP contribution is 2.20. The SMILES string of the molecule is CCN(CCc1ccccc1)C(=O)c1ccccc1OCC(N)=O. The summed E-state index contributed by atoms with van der Waals surface area (Å²) >= 11 is 0. The number of carbonyl (C=O) groups excluding carboxylic acids is 2. The first-order valence-corrected chi connectivity index (χ1v) is 7.95. The monoisotopic (exact) mass is 326 g/mol. The summed E-state index contributed by atoms with van der Waals surface area (Å²) in [5.74, 6) is -0.318. The lowest BCUT2D eigenvalue weighted by Crippen LogP contribution is -2.33. The molecule has 0 atom stereocenters. The Hall–Kier alpha value is -2.82. The van der Waals surface area contributed by atoms with E-state index in [1.54, 1.807) is 29.2 Å². The molecule has 2 aromatic carbocycles. The average molecular weight is 326 g/mol. The number of para-hydroxylation sites is 1. The Morgan fingerprint density at radius 2 is 1.71 bits per heavy atom. The number of likely N-dealkylation sites (N-methyl/N-ethyl adjacent to an activating group) is 1. The van der Waals surface area contributed by atoms with Crippen LogP contribution >= 0.6 is 0 Å². The van der Waals surface area contributed by atoms with E-state index in [4.69, 9.17) is 10.5 Å². The Morgan fingerprint density at radius 3 is 2.38 bits per heavy atom. The van der Waals surface area contributed by atoms with E-state index in [0.717, 1.165) is 6.42 Å². The Balaban J connectivity index is 2.09. The molecule has 0 fully saturated rings. The van der Waals surface area contributed by atoms with E-state index in [9.17, 15) is 9.59 Å². The van der Waals surface area contributed by atoms with Crippen LogP contribution < -0.4 is 10.5 Å². The lowest BCUT2D eigenvalue weighted by atomic mass is 10.1. The summed E-state index contributed by atoms with van der Waals surface area (Å²) < 4.78 is 5.36. The molecule has 5 heteroatoms. The second kappa shape index (κ2) is 8.72. The van der Waals surface area contributed by atoms with E-state index < -0.39 is 5.91 Å². The first kappa shape index (κ1) is 17.5. The van der Waals surface area contributed by atoms with Gasteiger partial charge >= 0.3 is 0 Å². The Labute approximate surface area is 142 Å². The Morgan fingerprint density at radius 1 is 1.04 bits per heavy atom. The summed E-state index contributed by atoms with van der Waals surface area (Å²) in [6, 6.07) is 16.9. The van der Waals surface area contributed by atoms with Gasteiger partial charge in [0.15, 0.2) is 6.61 Å². The third-order valence-corrected chi connectivity index (χ3v) is 3.67. The zero-order valence-electron chi connectivity index (χ0n) is 13.8. The van der Waals surface area contributed by atoms with Crippen LogP contribution in [0.25, 0.3) is 0 Å². The fourth-order valence-corrected chi connectivity index (χ4v) is 2.40. The summed E-state index contributed by atoms with van der Waals surface area (Å²) in [6.07, 6.45) is 0.782. The fraction of sp³-hybridized carbons (Fsp3) is 0.263. The molecule has 2 rings (SSSR count). The van der Waals surface area contributed by atoms with Crippen molar-refractivity contribution in [3.63, 3.8) is 0 Å². The molecule has 0 saturated carbocycles. The van der Waals surface area contributed by atoms with Gasteiger partial charge in [0.25, 0.3) is 11.8 Å². The smallest absolute Gasteiger partial charge is 0.257 e. The lowest BCUT2D eigenvalue weighted by molar-refractivity contribution is -0.119. The zero-order valence-corrected chi connectivity index (χ0v) is 13.8. The highest BCUT2D eigenvalue weighted by Gasteiger charge is 2.18. The molecule has 2 aromatic rings. The van der Waals surface area contributed by atoms with Gasteiger partial charge in [0.2, 0.25) is 0 Å². The van der Waals surface area contributed by atoms with E-state index in [2.05, 4.69) is 0 Å².